The Balaban J connectivity index is 1.92. The summed E-state index contributed by atoms with van der Waals surface area (Å²) in [6.07, 6.45) is 8.10. The Labute approximate surface area is 95.0 Å². The lowest BCUT2D eigenvalue weighted by Gasteiger charge is -2.41. The lowest BCUT2D eigenvalue weighted by Crippen LogP contribution is -2.45. The Morgan fingerprint density at radius 1 is 1.27 bits per heavy atom. The summed E-state index contributed by atoms with van der Waals surface area (Å²) in [7, 11) is 0. The summed E-state index contributed by atoms with van der Waals surface area (Å²) in [5.41, 5.74) is 6.28. The van der Waals surface area contributed by atoms with E-state index < -0.39 is 0 Å². The lowest BCUT2D eigenvalue weighted by molar-refractivity contribution is 0.141. The van der Waals surface area contributed by atoms with Crippen LogP contribution >= 0.6 is 0 Å². The highest BCUT2D eigenvalue weighted by Crippen LogP contribution is 2.38. The predicted molar refractivity (Wildman–Crippen MR) is 66.9 cm³/mol. The third-order valence-corrected chi connectivity index (χ3v) is 3.73. The quantitative estimate of drug-likeness (QED) is 0.607. The van der Waals surface area contributed by atoms with Gasteiger partial charge in [0.05, 0.1) is 0 Å². The van der Waals surface area contributed by atoms with E-state index in [2.05, 4.69) is 19.2 Å². The topological polar surface area (TPSA) is 38.0 Å². The first-order valence-electron chi connectivity index (χ1n) is 6.59. The van der Waals surface area contributed by atoms with Gasteiger partial charge in [-0.2, -0.15) is 0 Å². The van der Waals surface area contributed by atoms with Crippen LogP contribution in [0.3, 0.4) is 0 Å². The van der Waals surface area contributed by atoms with Gasteiger partial charge < -0.3 is 11.1 Å². The third kappa shape index (κ3) is 4.52. The summed E-state index contributed by atoms with van der Waals surface area (Å²) < 4.78 is 0. The Bertz CT molecular complexity index is 156. The van der Waals surface area contributed by atoms with E-state index in [1.165, 1.54) is 45.1 Å². The molecule has 1 aliphatic carbocycles. The minimum atomic E-state index is 0.470. The largest absolute Gasteiger partial charge is 0.330 e. The molecule has 3 N–H and O–H groups in total. The molecule has 90 valence electrons. The van der Waals surface area contributed by atoms with Crippen molar-refractivity contribution in [3.8, 4) is 0 Å². The Hall–Kier alpha value is -0.0800. The van der Waals surface area contributed by atoms with Gasteiger partial charge in [-0.3, -0.25) is 0 Å². The monoisotopic (exact) mass is 212 g/mol. The average molecular weight is 212 g/mol. The summed E-state index contributed by atoms with van der Waals surface area (Å²) in [6.45, 7) is 7.78. The zero-order chi connectivity index (χ0) is 11.1. The van der Waals surface area contributed by atoms with Gasteiger partial charge in [0.15, 0.2) is 0 Å². The van der Waals surface area contributed by atoms with Crippen LogP contribution < -0.4 is 11.1 Å². The summed E-state index contributed by atoms with van der Waals surface area (Å²) in [5, 5.41) is 3.57. The maximum absolute atomic E-state index is 5.81. The Kier molecular flexibility index (Phi) is 5.62. The molecule has 0 heterocycles. The van der Waals surface area contributed by atoms with Crippen molar-refractivity contribution in [1.29, 1.82) is 0 Å². The molecule has 0 saturated heterocycles. The van der Waals surface area contributed by atoms with Gasteiger partial charge in [-0.05, 0) is 43.7 Å². The van der Waals surface area contributed by atoms with Crippen LogP contribution in [0, 0.1) is 11.3 Å². The maximum Gasteiger partial charge on any atom is 0.00199 e. The Morgan fingerprint density at radius 2 is 2.00 bits per heavy atom. The standard InChI is InChI=1S/C13H28N2/c1-12(2)6-3-4-9-15-11-13(10-14)7-5-8-13/h12,15H,3-11,14H2,1-2H3. The average Bonchev–Trinajstić information content (AvgIpc) is 2.14. The van der Waals surface area contributed by atoms with Gasteiger partial charge in [-0.15, -0.1) is 0 Å². The molecule has 0 aromatic heterocycles. The van der Waals surface area contributed by atoms with Crippen molar-refractivity contribution in [2.45, 2.75) is 52.4 Å². The van der Waals surface area contributed by atoms with Crippen LogP contribution in [0.25, 0.3) is 0 Å². The number of hydrogen-bond acceptors (Lipinski definition) is 2. The molecule has 0 aromatic rings. The molecule has 15 heavy (non-hydrogen) atoms. The highest BCUT2D eigenvalue weighted by atomic mass is 14.9. The van der Waals surface area contributed by atoms with Crippen molar-refractivity contribution in [3.63, 3.8) is 0 Å². The number of rotatable bonds is 8. The SMILES string of the molecule is CC(C)CCCCNCC1(CN)CCC1. The first-order valence-corrected chi connectivity index (χ1v) is 6.59. The van der Waals surface area contributed by atoms with Gasteiger partial charge in [0.25, 0.3) is 0 Å². The fourth-order valence-electron chi connectivity index (χ4n) is 2.29. The summed E-state index contributed by atoms with van der Waals surface area (Å²) in [5.74, 6) is 0.854. The molecule has 0 bridgehead atoms. The van der Waals surface area contributed by atoms with Gasteiger partial charge in [-0.1, -0.05) is 33.1 Å². The molecule has 0 unspecified atom stereocenters. The smallest absolute Gasteiger partial charge is 0.00199 e. The van der Waals surface area contributed by atoms with Crippen molar-refractivity contribution >= 4 is 0 Å². The molecular weight excluding hydrogens is 184 g/mol. The van der Waals surface area contributed by atoms with Gasteiger partial charge >= 0.3 is 0 Å². The normalized spacial score (nSPS) is 19.2. The second-order valence-electron chi connectivity index (χ2n) is 5.62. The first-order chi connectivity index (χ1) is 7.18. The van der Waals surface area contributed by atoms with Crippen LogP contribution in [0.15, 0.2) is 0 Å². The maximum atomic E-state index is 5.81. The van der Waals surface area contributed by atoms with Crippen molar-refractivity contribution < 1.29 is 0 Å². The van der Waals surface area contributed by atoms with E-state index in [1.807, 2.05) is 0 Å². The summed E-state index contributed by atoms with van der Waals surface area (Å²) >= 11 is 0. The van der Waals surface area contributed by atoms with Crippen LogP contribution in [0.1, 0.15) is 52.4 Å². The fraction of sp³-hybridized carbons (Fsp3) is 1.00. The summed E-state index contributed by atoms with van der Waals surface area (Å²) in [4.78, 5) is 0. The molecular formula is C13H28N2. The Morgan fingerprint density at radius 3 is 2.47 bits per heavy atom. The van der Waals surface area contributed by atoms with E-state index in [9.17, 15) is 0 Å². The van der Waals surface area contributed by atoms with E-state index in [-0.39, 0.29) is 0 Å². The summed E-state index contributed by atoms with van der Waals surface area (Å²) in [6, 6.07) is 0. The van der Waals surface area contributed by atoms with E-state index in [4.69, 9.17) is 5.73 Å². The van der Waals surface area contributed by atoms with Crippen LogP contribution in [-0.2, 0) is 0 Å². The van der Waals surface area contributed by atoms with Gasteiger partial charge in [-0.25, -0.2) is 0 Å². The van der Waals surface area contributed by atoms with Crippen molar-refractivity contribution in [2.75, 3.05) is 19.6 Å². The van der Waals surface area contributed by atoms with Crippen molar-refractivity contribution in [1.82, 2.24) is 5.32 Å². The molecule has 1 rings (SSSR count). The highest BCUT2D eigenvalue weighted by Gasteiger charge is 2.34. The molecule has 0 amide bonds. The molecule has 0 atom stereocenters. The first kappa shape index (κ1) is 13.0. The van der Waals surface area contributed by atoms with Crippen molar-refractivity contribution in [3.05, 3.63) is 0 Å². The van der Waals surface area contributed by atoms with E-state index >= 15 is 0 Å². The highest BCUT2D eigenvalue weighted by molar-refractivity contribution is 4.90. The zero-order valence-corrected chi connectivity index (χ0v) is 10.5. The molecule has 1 saturated carbocycles. The second-order valence-corrected chi connectivity index (χ2v) is 5.62. The molecule has 0 radical (unpaired) electrons. The van der Waals surface area contributed by atoms with Crippen LogP contribution in [0.2, 0.25) is 0 Å². The van der Waals surface area contributed by atoms with E-state index in [1.54, 1.807) is 0 Å². The molecule has 1 aliphatic rings. The van der Waals surface area contributed by atoms with Crippen LogP contribution in [0.5, 0.6) is 0 Å². The van der Waals surface area contributed by atoms with Gasteiger partial charge in [0, 0.05) is 6.54 Å². The van der Waals surface area contributed by atoms with E-state index in [0.717, 1.165) is 19.0 Å². The number of hydrogen-bond donors (Lipinski definition) is 2. The number of nitrogens with one attached hydrogen (secondary N) is 1. The number of unbranched alkanes of at least 4 members (excludes halogenated alkanes) is 1. The van der Waals surface area contributed by atoms with Crippen LogP contribution in [0.4, 0.5) is 0 Å². The molecule has 0 spiro atoms. The molecule has 1 fully saturated rings. The molecule has 2 heteroatoms. The minimum absolute atomic E-state index is 0.470. The third-order valence-electron chi connectivity index (χ3n) is 3.73. The van der Waals surface area contributed by atoms with Crippen LogP contribution in [-0.4, -0.2) is 19.6 Å². The molecule has 2 nitrogen and oxygen atoms in total. The van der Waals surface area contributed by atoms with Gasteiger partial charge in [0.2, 0.25) is 0 Å². The molecule has 0 aliphatic heterocycles. The number of nitrogens with two attached hydrogens (primary N) is 1. The lowest BCUT2D eigenvalue weighted by atomic mass is 9.69. The zero-order valence-electron chi connectivity index (χ0n) is 10.5. The minimum Gasteiger partial charge on any atom is -0.330 e. The van der Waals surface area contributed by atoms with E-state index in [0.29, 0.717) is 5.41 Å². The fourth-order valence-corrected chi connectivity index (χ4v) is 2.29. The van der Waals surface area contributed by atoms with Gasteiger partial charge in [0.1, 0.15) is 0 Å². The predicted octanol–water partition coefficient (Wildman–Crippen LogP) is 2.53. The molecule has 0 aromatic carbocycles. The second kappa shape index (κ2) is 6.49. The van der Waals surface area contributed by atoms with Crippen molar-refractivity contribution in [2.24, 2.45) is 17.1 Å².